The molecule has 0 bridgehead atoms. The van der Waals surface area contributed by atoms with Gasteiger partial charge in [-0.25, -0.2) is 0 Å². The molecule has 12 aromatic carbocycles. The maximum absolute atomic E-state index is 5.91. The van der Waals surface area contributed by atoms with Gasteiger partial charge in [-0.15, -0.1) is 0 Å². The lowest BCUT2D eigenvalue weighted by Crippen LogP contribution is -2.11. The summed E-state index contributed by atoms with van der Waals surface area (Å²) in [6.07, 6.45) is 0. The second-order valence-corrected chi connectivity index (χ2v) is 19.9. The van der Waals surface area contributed by atoms with Crippen molar-refractivity contribution in [1.82, 2.24) is 33.2 Å². The maximum Gasteiger partial charge on any atom is 0.240 e. The molecule has 7 heteroatoms. The number of aromatic nitrogens is 7. The predicted octanol–water partition coefficient (Wildman–Crippen LogP) is 17.4. The maximum atomic E-state index is 5.91. The van der Waals surface area contributed by atoms with Gasteiger partial charge in [-0.2, -0.15) is 15.0 Å². The molecule has 5 aromatic heterocycles. The zero-order valence-electron chi connectivity index (χ0n) is 40.8. The van der Waals surface area contributed by atoms with Crippen LogP contribution in [0.2, 0.25) is 0 Å². The molecule has 0 unspecified atom stereocenters. The summed E-state index contributed by atoms with van der Waals surface area (Å²) in [6, 6.07) is 89.6. The molecule has 0 spiro atoms. The van der Waals surface area contributed by atoms with Gasteiger partial charge in [0, 0.05) is 76.2 Å². The lowest BCUT2D eigenvalue weighted by molar-refractivity contribution is 0.895. The molecule has 0 aliphatic rings. The van der Waals surface area contributed by atoms with Gasteiger partial charge >= 0.3 is 0 Å². The summed E-state index contributed by atoms with van der Waals surface area (Å²) in [5.74, 6) is 1.63. The zero-order chi connectivity index (χ0) is 49.6. The van der Waals surface area contributed by atoms with Crippen molar-refractivity contribution >= 4 is 120 Å². The Labute approximate surface area is 434 Å². The number of fused-ring (bicyclic) bond motifs is 20. The van der Waals surface area contributed by atoms with Gasteiger partial charge in [-0.1, -0.05) is 212 Å². The van der Waals surface area contributed by atoms with Gasteiger partial charge in [0.1, 0.15) is 0 Å². The van der Waals surface area contributed by atoms with Gasteiger partial charge in [-0.3, -0.25) is 9.13 Å². The van der Waals surface area contributed by atoms with Gasteiger partial charge in [0.2, 0.25) is 11.9 Å². The SMILES string of the molecule is c1ccc(-c2nc(-n3c4c5ccccc5ccc4c4ccc5c(c6ccccc6n5-c5ccccc5)c43)nc(-n3c4c5ccccc5ccc4c4ccc5c6ccc7ccccc7c6n(-c6ccccc6)c5c43)n2)cc1. The van der Waals surface area contributed by atoms with Gasteiger partial charge in [-0.05, 0) is 52.6 Å². The molecule has 0 saturated heterocycles. The normalized spacial score (nSPS) is 12.2. The molecule has 0 N–H and O–H groups in total. The molecule has 0 aliphatic heterocycles. The van der Waals surface area contributed by atoms with Crippen molar-refractivity contribution in [3.05, 3.63) is 249 Å². The van der Waals surface area contributed by atoms with Crippen LogP contribution in [-0.2, 0) is 0 Å². The number of hydrogen-bond donors (Lipinski definition) is 0. The first-order valence-electron chi connectivity index (χ1n) is 25.9. The quantitative estimate of drug-likeness (QED) is 0.173. The van der Waals surface area contributed by atoms with E-state index in [0.29, 0.717) is 17.7 Å². The van der Waals surface area contributed by atoms with Crippen molar-refractivity contribution < 1.29 is 0 Å². The molecule has 17 rings (SSSR count). The Balaban J connectivity index is 1.10. The second-order valence-electron chi connectivity index (χ2n) is 19.9. The Morgan fingerprint density at radius 3 is 1.16 bits per heavy atom. The van der Waals surface area contributed by atoms with Crippen molar-refractivity contribution in [2.75, 3.05) is 0 Å². The third-order valence-corrected chi connectivity index (χ3v) is 15.9. The Morgan fingerprint density at radius 2 is 0.605 bits per heavy atom. The molecule has 0 atom stereocenters. The van der Waals surface area contributed by atoms with E-state index in [9.17, 15) is 0 Å². The van der Waals surface area contributed by atoms with Crippen LogP contribution in [0.4, 0.5) is 0 Å². The van der Waals surface area contributed by atoms with Crippen LogP contribution < -0.4 is 0 Å². The first-order valence-corrected chi connectivity index (χ1v) is 25.9. The van der Waals surface area contributed by atoms with E-state index in [1.54, 1.807) is 0 Å². The first kappa shape index (κ1) is 41.1. The highest BCUT2D eigenvalue weighted by atomic mass is 15.3. The Bertz CT molecular complexity index is 5280. The Kier molecular flexibility index (Phi) is 8.43. The minimum Gasteiger partial charge on any atom is -0.309 e. The van der Waals surface area contributed by atoms with Gasteiger partial charge < -0.3 is 9.13 Å². The molecule has 17 aromatic rings. The van der Waals surface area contributed by atoms with Crippen LogP contribution >= 0.6 is 0 Å². The van der Waals surface area contributed by atoms with E-state index in [0.717, 1.165) is 120 Å². The second kappa shape index (κ2) is 15.6. The average molecular weight is 968 g/mol. The van der Waals surface area contributed by atoms with E-state index in [2.05, 4.69) is 261 Å². The van der Waals surface area contributed by atoms with E-state index in [4.69, 9.17) is 15.0 Å². The molecular weight excluding hydrogens is 927 g/mol. The fourth-order valence-corrected chi connectivity index (χ4v) is 12.8. The highest BCUT2D eigenvalue weighted by Gasteiger charge is 2.28. The van der Waals surface area contributed by atoms with Crippen LogP contribution in [0, 0.1) is 0 Å². The highest BCUT2D eigenvalue weighted by Crippen LogP contribution is 2.47. The van der Waals surface area contributed by atoms with E-state index in [-0.39, 0.29) is 0 Å². The summed E-state index contributed by atoms with van der Waals surface area (Å²) < 4.78 is 9.58. The van der Waals surface area contributed by atoms with Gasteiger partial charge in [0.15, 0.2) is 5.82 Å². The Morgan fingerprint density at radius 1 is 0.224 bits per heavy atom. The number of hydrogen-bond acceptors (Lipinski definition) is 3. The van der Waals surface area contributed by atoms with Crippen molar-refractivity contribution in [2.45, 2.75) is 0 Å². The molecule has 352 valence electrons. The predicted molar refractivity (Wildman–Crippen MR) is 315 cm³/mol. The third kappa shape index (κ3) is 5.63. The number of nitrogens with zero attached hydrogens (tertiary/aromatic N) is 7. The van der Waals surface area contributed by atoms with Crippen molar-refractivity contribution in [1.29, 1.82) is 0 Å². The van der Waals surface area contributed by atoms with Crippen LogP contribution in [0.25, 0.3) is 154 Å². The fourth-order valence-electron chi connectivity index (χ4n) is 12.8. The summed E-state index contributed by atoms with van der Waals surface area (Å²) in [6.45, 7) is 0. The smallest absolute Gasteiger partial charge is 0.240 e. The van der Waals surface area contributed by atoms with E-state index < -0.39 is 0 Å². The number of para-hydroxylation sites is 3. The third-order valence-electron chi connectivity index (χ3n) is 15.9. The summed E-state index contributed by atoms with van der Waals surface area (Å²) in [4.78, 5) is 17.2. The summed E-state index contributed by atoms with van der Waals surface area (Å²) >= 11 is 0. The van der Waals surface area contributed by atoms with E-state index >= 15 is 0 Å². The summed E-state index contributed by atoms with van der Waals surface area (Å²) in [5, 5.41) is 15.9. The largest absolute Gasteiger partial charge is 0.309 e. The molecular formula is C69H41N7. The molecule has 7 nitrogen and oxygen atoms in total. The van der Waals surface area contributed by atoms with Crippen molar-refractivity contribution in [3.8, 4) is 34.7 Å². The number of benzene rings is 12. The molecule has 5 heterocycles. The van der Waals surface area contributed by atoms with E-state index in [1.807, 2.05) is 6.07 Å². The zero-order valence-corrected chi connectivity index (χ0v) is 40.8. The lowest BCUT2D eigenvalue weighted by atomic mass is 10.0. The molecule has 76 heavy (non-hydrogen) atoms. The van der Waals surface area contributed by atoms with Gasteiger partial charge in [0.05, 0.1) is 44.1 Å². The van der Waals surface area contributed by atoms with Crippen LogP contribution in [0.15, 0.2) is 249 Å². The topological polar surface area (TPSA) is 58.4 Å². The first-order chi connectivity index (χ1) is 37.7. The van der Waals surface area contributed by atoms with Gasteiger partial charge in [0.25, 0.3) is 0 Å². The minimum atomic E-state index is 0.525. The minimum absolute atomic E-state index is 0.525. The molecule has 0 aliphatic carbocycles. The molecule has 0 radical (unpaired) electrons. The van der Waals surface area contributed by atoms with Crippen LogP contribution in [0.3, 0.4) is 0 Å². The van der Waals surface area contributed by atoms with Crippen molar-refractivity contribution in [3.63, 3.8) is 0 Å². The molecule has 0 saturated carbocycles. The molecule has 0 amide bonds. The summed E-state index contributed by atoms with van der Waals surface area (Å²) in [7, 11) is 0. The van der Waals surface area contributed by atoms with E-state index in [1.165, 1.54) is 16.2 Å². The monoisotopic (exact) mass is 967 g/mol. The van der Waals surface area contributed by atoms with Crippen LogP contribution in [0.1, 0.15) is 0 Å². The standard InChI is InChI=1S/C69H41N7/c1-4-21-45(22-5-1)67-70-68(75-62-49-28-14-11-19-43(49)32-35-51(62)54-40-41-59-60(64(54)75)57-30-16-17-31-58(57)73(59)46-23-6-2-7-24-46)72-69(71-67)76-63-50-29-15-12-20-44(50)34-37-53(63)56-39-38-55-52-36-33-42-18-10-13-27-48(42)61(52)74(65(55)66(56)76)47-25-8-3-9-26-47/h1-41H. The summed E-state index contributed by atoms with van der Waals surface area (Å²) in [5.41, 5.74) is 11.7. The average Bonchev–Trinajstić information content (AvgIpc) is 4.27. The Hall–Kier alpha value is -10.4. The van der Waals surface area contributed by atoms with Crippen molar-refractivity contribution in [2.24, 2.45) is 0 Å². The van der Waals surface area contributed by atoms with Crippen LogP contribution in [-0.4, -0.2) is 33.2 Å². The lowest BCUT2D eigenvalue weighted by Gasteiger charge is -2.15. The molecule has 0 fully saturated rings. The fraction of sp³-hybridized carbons (Fsp3) is 0. The number of rotatable bonds is 5. The highest BCUT2D eigenvalue weighted by molar-refractivity contribution is 6.30. The van der Waals surface area contributed by atoms with Crippen LogP contribution in [0.5, 0.6) is 0 Å².